The van der Waals surface area contributed by atoms with Crippen LogP contribution >= 0.6 is 11.6 Å². The number of hydrazone groups is 1. The fourth-order valence-electron chi connectivity index (χ4n) is 3.00. The fraction of sp³-hybridized carbons (Fsp3) is 0.192. The molecule has 0 radical (unpaired) electrons. The van der Waals surface area contributed by atoms with Gasteiger partial charge in [0.25, 0.3) is 11.8 Å². The minimum Gasteiger partial charge on any atom is -0.490 e. The van der Waals surface area contributed by atoms with E-state index in [4.69, 9.17) is 25.8 Å². The molecule has 35 heavy (non-hydrogen) atoms. The Bertz CT molecular complexity index is 1180. The summed E-state index contributed by atoms with van der Waals surface area (Å²) in [5.41, 5.74) is 4.17. The maximum absolute atomic E-state index is 12.5. The van der Waals surface area contributed by atoms with Gasteiger partial charge in [0.15, 0.2) is 18.1 Å². The van der Waals surface area contributed by atoms with Gasteiger partial charge in [-0.25, -0.2) is 5.43 Å². The number of amides is 2. The predicted molar refractivity (Wildman–Crippen MR) is 136 cm³/mol. The van der Waals surface area contributed by atoms with Gasteiger partial charge in [0.2, 0.25) is 0 Å². The number of halogens is 1. The summed E-state index contributed by atoms with van der Waals surface area (Å²) in [5, 5.41) is 7.02. The molecule has 3 aromatic carbocycles. The number of carbonyl (C=O) groups is 2. The Morgan fingerprint density at radius 2 is 1.60 bits per heavy atom. The molecule has 3 aromatic rings. The van der Waals surface area contributed by atoms with Crippen LogP contribution in [0, 0.1) is 0 Å². The van der Waals surface area contributed by atoms with Gasteiger partial charge in [-0.1, -0.05) is 29.8 Å². The average Bonchev–Trinajstić information content (AvgIpc) is 2.85. The minimum atomic E-state index is -0.402. The van der Waals surface area contributed by atoms with Crippen LogP contribution in [0.3, 0.4) is 0 Å². The van der Waals surface area contributed by atoms with Crippen molar-refractivity contribution < 1.29 is 23.8 Å². The maximum atomic E-state index is 12.5. The molecule has 2 amide bonds. The molecule has 3 rings (SSSR count). The van der Waals surface area contributed by atoms with Crippen molar-refractivity contribution in [3.05, 3.63) is 82.9 Å². The Morgan fingerprint density at radius 1 is 0.886 bits per heavy atom. The highest BCUT2D eigenvalue weighted by Gasteiger charge is 2.11. The van der Waals surface area contributed by atoms with Crippen molar-refractivity contribution in [2.75, 3.05) is 25.1 Å². The summed E-state index contributed by atoms with van der Waals surface area (Å²) < 4.78 is 16.6. The topological polar surface area (TPSA) is 98.3 Å². The van der Waals surface area contributed by atoms with Gasteiger partial charge in [-0.15, -0.1) is 0 Å². The van der Waals surface area contributed by atoms with Gasteiger partial charge in [-0.05, 0) is 67.9 Å². The van der Waals surface area contributed by atoms with Crippen molar-refractivity contribution >= 4 is 35.3 Å². The first-order valence-corrected chi connectivity index (χ1v) is 11.4. The van der Waals surface area contributed by atoms with E-state index < -0.39 is 5.91 Å². The zero-order valence-electron chi connectivity index (χ0n) is 19.4. The number of benzene rings is 3. The molecule has 0 atom stereocenters. The number of nitrogens with zero attached hydrogens (tertiary/aromatic N) is 1. The largest absolute Gasteiger partial charge is 0.490 e. The van der Waals surface area contributed by atoms with Crippen LogP contribution in [-0.2, 0) is 4.79 Å². The summed E-state index contributed by atoms with van der Waals surface area (Å²) in [6, 6.07) is 19.0. The minimum absolute atomic E-state index is 0.191. The average molecular weight is 496 g/mol. The summed E-state index contributed by atoms with van der Waals surface area (Å²) in [5.74, 6) is 0.715. The molecule has 0 spiro atoms. The van der Waals surface area contributed by atoms with Crippen LogP contribution < -0.4 is 25.0 Å². The van der Waals surface area contributed by atoms with Crippen LogP contribution in [0.15, 0.2) is 71.8 Å². The van der Waals surface area contributed by atoms with Gasteiger partial charge in [0.05, 0.1) is 24.5 Å². The standard InChI is InChI=1S/C26H26ClN3O5/c1-3-33-23-13-11-19(15-24(23)34-4-2)26(32)30-28-16-18-10-12-22(21(27)14-18)35-17-25(31)29-20-8-6-5-7-9-20/h5-16H,3-4,17H2,1-2H3,(H,29,31)(H,30,32)/b28-16+. The van der Waals surface area contributed by atoms with E-state index in [0.29, 0.717) is 52.3 Å². The van der Waals surface area contributed by atoms with E-state index in [1.54, 1.807) is 48.5 Å². The summed E-state index contributed by atoms with van der Waals surface area (Å²) in [6.45, 7) is 4.47. The van der Waals surface area contributed by atoms with Crippen LogP contribution in [0.5, 0.6) is 17.2 Å². The van der Waals surface area contributed by atoms with Gasteiger partial charge in [0, 0.05) is 11.3 Å². The maximum Gasteiger partial charge on any atom is 0.271 e. The lowest BCUT2D eigenvalue weighted by Crippen LogP contribution is -2.20. The molecule has 0 aliphatic rings. The Balaban J connectivity index is 1.55. The third kappa shape index (κ3) is 7.75. The van der Waals surface area contributed by atoms with Gasteiger partial charge in [-0.3, -0.25) is 9.59 Å². The molecule has 0 fully saturated rings. The van der Waals surface area contributed by atoms with E-state index in [2.05, 4.69) is 15.8 Å². The quantitative estimate of drug-likeness (QED) is 0.290. The second kappa shape index (κ2) is 13.0. The van der Waals surface area contributed by atoms with Crippen molar-refractivity contribution in [3.8, 4) is 17.2 Å². The third-order valence-electron chi connectivity index (χ3n) is 4.56. The highest BCUT2D eigenvalue weighted by Crippen LogP contribution is 2.28. The molecule has 0 saturated carbocycles. The molecule has 0 saturated heterocycles. The van der Waals surface area contributed by atoms with Crippen molar-refractivity contribution in [2.24, 2.45) is 5.10 Å². The summed E-state index contributed by atoms with van der Waals surface area (Å²) in [7, 11) is 0. The molecule has 0 bridgehead atoms. The van der Waals surface area contributed by atoms with Gasteiger partial charge in [-0.2, -0.15) is 5.10 Å². The monoisotopic (exact) mass is 495 g/mol. The zero-order valence-corrected chi connectivity index (χ0v) is 20.2. The normalized spacial score (nSPS) is 10.6. The SMILES string of the molecule is CCOc1ccc(C(=O)N/N=C/c2ccc(OCC(=O)Nc3ccccc3)c(Cl)c2)cc1OCC. The van der Waals surface area contributed by atoms with Crippen molar-refractivity contribution in [1.82, 2.24) is 5.43 Å². The lowest BCUT2D eigenvalue weighted by atomic mass is 10.2. The number of para-hydroxylation sites is 1. The molecule has 0 unspecified atom stereocenters. The number of rotatable bonds is 11. The number of hydrogen-bond donors (Lipinski definition) is 2. The zero-order chi connectivity index (χ0) is 25.0. The first kappa shape index (κ1) is 25.6. The first-order valence-electron chi connectivity index (χ1n) is 11.0. The smallest absolute Gasteiger partial charge is 0.271 e. The number of nitrogens with one attached hydrogen (secondary N) is 2. The van der Waals surface area contributed by atoms with E-state index >= 15 is 0 Å². The number of anilines is 1. The molecule has 0 heterocycles. The molecule has 0 aliphatic carbocycles. The van der Waals surface area contributed by atoms with E-state index in [0.717, 1.165) is 0 Å². The second-order valence-electron chi connectivity index (χ2n) is 7.12. The molecular weight excluding hydrogens is 470 g/mol. The number of carbonyl (C=O) groups excluding carboxylic acids is 2. The summed E-state index contributed by atoms with van der Waals surface area (Å²) in [6.07, 6.45) is 1.45. The van der Waals surface area contributed by atoms with Crippen LogP contribution in [0.25, 0.3) is 0 Å². The van der Waals surface area contributed by atoms with Gasteiger partial charge in [0.1, 0.15) is 5.75 Å². The third-order valence-corrected chi connectivity index (χ3v) is 4.85. The highest BCUT2D eigenvalue weighted by atomic mass is 35.5. The molecule has 2 N–H and O–H groups in total. The van der Waals surface area contributed by atoms with Crippen LogP contribution in [0.4, 0.5) is 5.69 Å². The van der Waals surface area contributed by atoms with Gasteiger partial charge < -0.3 is 19.5 Å². The van der Waals surface area contributed by atoms with E-state index in [9.17, 15) is 9.59 Å². The van der Waals surface area contributed by atoms with Crippen molar-refractivity contribution in [1.29, 1.82) is 0 Å². The second-order valence-corrected chi connectivity index (χ2v) is 7.53. The predicted octanol–water partition coefficient (Wildman–Crippen LogP) is 4.92. The molecule has 0 aromatic heterocycles. The van der Waals surface area contributed by atoms with E-state index in [1.165, 1.54) is 6.21 Å². The Morgan fingerprint density at radius 3 is 2.31 bits per heavy atom. The van der Waals surface area contributed by atoms with Crippen molar-refractivity contribution in [2.45, 2.75) is 13.8 Å². The lowest BCUT2D eigenvalue weighted by Gasteiger charge is -2.11. The number of ether oxygens (including phenoxy) is 3. The Labute approximate surface area is 208 Å². The fourth-order valence-corrected chi connectivity index (χ4v) is 3.24. The molecule has 9 heteroatoms. The van der Waals surface area contributed by atoms with Crippen LogP contribution in [0.1, 0.15) is 29.8 Å². The van der Waals surface area contributed by atoms with Gasteiger partial charge >= 0.3 is 0 Å². The lowest BCUT2D eigenvalue weighted by molar-refractivity contribution is -0.118. The Kier molecular flexibility index (Phi) is 9.50. The molecule has 0 aliphatic heterocycles. The van der Waals surface area contributed by atoms with E-state index in [-0.39, 0.29) is 12.5 Å². The molecule has 182 valence electrons. The summed E-state index contributed by atoms with van der Waals surface area (Å²) in [4.78, 5) is 24.5. The van der Waals surface area contributed by atoms with E-state index in [1.807, 2.05) is 32.0 Å². The first-order chi connectivity index (χ1) is 17.0. The summed E-state index contributed by atoms with van der Waals surface area (Å²) >= 11 is 6.27. The molecule has 8 nitrogen and oxygen atoms in total. The number of hydrogen-bond acceptors (Lipinski definition) is 6. The van der Waals surface area contributed by atoms with Crippen LogP contribution in [-0.4, -0.2) is 37.8 Å². The molecular formula is C26H26ClN3O5. The van der Waals surface area contributed by atoms with Crippen molar-refractivity contribution in [3.63, 3.8) is 0 Å². The Hall–Kier alpha value is -4.04. The van der Waals surface area contributed by atoms with Crippen LogP contribution in [0.2, 0.25) is 5.02 Å². The highest BCUT2D eigenvalue weighted by molar-refractivity contribution is 6.32.